The van der Waals surface area contributed by atoms with E-state index in [2.05, 4.69) is 6.58 Å². The van der Waals surface area contributed by atoms with Crippen LogP contribution in [0.5, 0.6) is 5.75 Å². The Morgan fingerprint density at radius 2 is 2.22 bits per heavy atom. The summed E-state index contributed by atoms with van der Waals surface area (Å²) >= 11 is 0. The highest BCUT2D eigenvalue weighted by Gasteiger charge is 2.22. The molecule has 0 N–H and O–H groups in total. The maximum atomic E-state index is 12.0. The second-order valence-electron chi connectivity index (χ2n) is 4.53. The van der Waals surface area contributed by atoms with Gasteiger partial charge in [-0.3, -0.25) is 4.79 Å². The molecule has 2 rings (SSSR count). The van der Waals surface area contributed by atoms with Crippen LogP contribution in [0.1, 0.15) is 24.8 Å². The second-order valence-corrected chi connectivity index (χ2v) is 4.53. The van der Waals surface area contributed by atoms with Crippen LogP contribution in [0, 0.1) is 5.92 Å². The molecule has 1 aliphatic carbocycles. The number of carbonyl (C=O) groups excluding carboxylic acids is 1. The van der Waals surface area contributed by atoms with Crippen molar-refractivity contribution in [3.05, 3.63) is 48.6 Å². The van der Waals surface area contributed by atoms with Gasteiger partial charge in [-0.15, -0.1) is 6.58 Å². The Labute approximate surface area is 108 Å². The van der Waals surface area contributed by atoms with Crippen molar-refractivity contribution in [1.82, 2.24) is 0 Å². The number of ketones is 1. The van der Waals surface area contributed by atoms with E-state index in [1.807, 2.05) is 30.3 Å². The van der Waals surface area contributed by atoms with Crippen LogP contribution in [0.3, 0.4) is 0 Å². The first-order valence-electron chi connectivity index (χ1n) is 6.25. The highest BCUT2D eigenvalue weighted by Crippen LogP contribution is 2.34. The lowest BCUT2D eigenvalue weighted by atomic mass is 9.84. The molecule has 0 bridgehead atoms. The largest absolute Gasteiger partial charge is 0.496 e. The lowest BCUT2D eigenvalue weighted by molar-refractivity contribution is -0.118. The van der Waals surface area contributed by atoms with Crippen molar-refractivity contribution in [3.8, 4) is 5.75 Å². The van der Waals surface area contributed by atoms with Gasteiger partial charge in [-0.1, -0.05) is 24.3 Å². The summed E-state index contributed by atoms with van der Waals surface area (Å²) in [5.74, 6) is 1.15. The SMILES string of the molecule is C=CCC1CCC(c2ccccc2OC)=CC1=O. The van der Waals surface area contributed by atoms with Crippen LogP contribution >= 0.6 is 0 Å². The zero-order valence-corrected chi connectivity index (χ0v) is 10.7. The highest BCUT2D eigenvalue weighted by molar-refractivity contribution is 6.00. The molecule has 1 aromatic carbocycles. The van der Waals surface area contributed by atoms with Crippen molar-refractivity contribution in [2.75, 3.05) is 7.11 Å². The summed E-state index contributed by atoms with van der Waals surface area (Å²) in [4.78, 5) is 12.0. The normalized spacial score (nSPS) is 19.3. The zero-order valence-electron chi connectivity index (χ0n) is 10.7. The fourth-order valence-electron chi connectivity index (χ4n) is 2.39. The summed E-state index contributed by atoms with van der Waals surface area (Å²) in [5, 5.41) is 0. The fourth-order valence-corrected chi connectivity index (χ4v) is 2.39. The average molecular weight is 242 g/mol. The van der Waals surface area contributed by atoms with Crippen LogP contribution < -0.4 is 4.74 Å². The van der Waals surface area contributed by atoms with Crippen LogP contribution in [0.25, 0.3) is 5.57 Å². The Morgan fingerprint density at radius 3 is 2.89 bits per heavy atom. The van der Waals surface area contributed by atoms with Gasteiger partial charge < -0.3 is 4.74 Å². The first-order valence-corrected chi connectivity index (χ1v) is 6.25. The minimum Gasteiger partial charge on any atom is -0.496 e. The minimum absolute atomic E-state index is 0.112. The maximum Gasteiger partial charge on any atom is 0.159 e. The van der Waals surface area contributed by atoms with Gasteiger partial charge >= 0.3 is 0 Å². The van der Waals surface area contributed by atoms with Gasteiger partial charge in [-0.2, -0.15) is 0 Å². The number of benzene rings is 1. The molecule has 1 atom stereocenters. The molecule has 0 saturated heterocycles. The van der Waals surface area contributed by atoms with Crippen molar-refractivity contribution in [3.63, 3.8) is 0 Å². The average Bonchev–Trinajstić information content (AvgIpc) is 2.41. The Balaban J connectivity index is 2.27. The Morgan fingerprint density at radius 1 is 1.44 bits per heavy atom. The summed E-state index contributed by atoms with van der Waals surface area (Å²) < 4.78 is 5.34. The molecule has 1 unspecified atom stereocenters. The first-order chi connectivity index (χ1) is 8.76. The van der Waals surface area contributed by atoms with Crippen LogP contribution in [-0.4, -0.2) is 12.9 Å². The van der Waals surface area contributed by atoms with Crippen molar-refractivity contribution in [2.24, 2.45) is 5.92 Å². The minimum atomic E-state index is 0.112. The van der Waals surface area contributed by atoms with E-state index >= 15 is 0 Å². The van der Waals surface area contributed by atoms with Crippen molar-refractivity contribution >= 4 is 11.4 Å². The molecule has 0 aliphatic heterocycles. The molecule has 1 aromatic rings. The molecule has 0 fully saturated rings. The molecule has 1 aliphatic rings. The molecule has 2 nitrogen and oxygen atoms in total. The van der Waals surface area contributed by atoms with E-state index < -0.39 is 0 Å². The molecule has 0 amide bonds. The molecule has 94 valence electrons. The number of para-hydroxylation sites is 1. The van der Waals surface area contributed by atoms with Crippen LogP contribution in [0.4, 0.5) is 0 Å². The third-order valence-electron chi connectivity index (χ3n) is 3.39. The van der Waals surface area contributed by atoms with Crippen molar-refractivity contribution in [1.29, 1.82) is 0 Å². The third kappa shape index (κ3) is 2.53. The van der Waals surface area contributed by atoms with E-state index in [0.29, 0.717) is 0 Å². The fraction of sp³-hybridized carbons (Fsp3) is 0.312. The molecule has 2 heteroatoms. The lowest BCUT2D eigenvalue weighted by Crippen LogP contribution is -2.16. The van der Waals surface area contributed by atoms with E-state index in [0.717, 1.165) is 36.1 Å². The van der Waals surface area contributed by atoms with Gasteiger partial charge in [0.1, 0.15) is 5.75 Å². The molecule has 0 spiro atoms. The van der Waals surface area contributed by atoms with E-state index in [1.165, 1.54) is 0 Å². The van der Waals surface area contributed by atoms with E-state index in [1.54, 1.807) is 13.2 Å². The van der Waals surface area contributed by atoms with Gasteiger partial charge in [0.15, 0.2) is 5.78 Å². The van der Waals surface area contributed by atoms with Crippen LogP contribution in [0.15, 0.2) is 43.0 Å². The summed E-state index contributed by atoms with van der Waals surface area (Å²) in [6.45, 7) is 3.70. The van der Waals surface area contributed by atoms with E-state index in [4.69, 9.17) is 4.74 Å². The number of carbonyl (C=O) groups is 1. The Bertz CT molecular complexity index is 486. The predicted molar refractivity (Wildman–Crippen MR) is 73.5 cm³/mol. The van der Waals surface area contributed by atoms with Crippen LogP contribution in [0.2, 0.25) is 0 Å². The van der Waals surface area contributed by atoms with E-state index in [-0.39, 0.29) is 11.7 Å². The van der Waals surface area contributed by atoms with Gasteiger partial charge in [0.2, 0.25) is 0 Å². The molecule has 0 heterocycles. The molecular weight excluding hydrogens is 224 g/mol. The molecular formula is C16H18O2. The lowest BCUT2D eigenvalue weighted by Gasteiger charge is -2.21. The summed E-state index contributed by atoms with van der Waals surface area (Å²) in [6, 6.07) is 7.84. The molecule has 0 radical (unpaired) electrons. The van der Waals surface area contributed by atoms with Crippen molar-refractivity contribution < 1.29 is 9.53 Å². The zero-order chi connectivity index (χ0) is 13.0. The van der Waals surface area contributed by atoms with Gasteiger partial charge in [0.05, 0.1) is 7.11 Å². The number of ether oxygens (including phenoxy) is 1. The van der Waals surface area contributed by atoms with E-state index in [9.17, 15) is 4.79 Å². The Hall–Kier alpha value is -1.83. The number of allylic oxidation sites excluding steroid dienone is 3. The standard InChI is InChI=1S/C16H18O2/c1-3-6-12-9-10-13(11-15(12)17)14-7-4-5-8-16(14)18-2/h3-5,7-8,11-12H,1,6,9-10H2,2H3. The molecule has 0 saturated carbocycles. The summed E-state index contributed by atoms with van der Waals surface area (Å²) in [7, 11) is 1.66. The van der Waals surface area contributed by atoms with Crippen molar-refractivity contribution in [2.45, 2.75) is 19.3 Å². The molecule has 18 heavy (non-hydrogen) atoms. The van der Waals surface area contributed by atoms with Gasteiger partial charge in [0.25, 0.3) is 0 Å². The molecule has 0 aromatic heterocycles. The summed E-state index contributed by atoms with van der Waals surface area (Å²) in [6.07, 6.45) is 6.19. The third-order valence-corrected chi connectivity index (χ3v) is 3.39. The topological polar surface area (TPSA) is 26.3 Å². The second kappa shape index (κ2) is 5.67. The van der Waals surface area contributed by atoms with Crippen LogP contribution in [-0.2, 0) is 4.79 Å². The number of hydrogen-bond donors (Lipinski definition) is 0. The number of methoxy groups -OCH3 is 1. The van der Waals surface area contributed by atoms with Gasteiger partial charge in [-0.05, 0) is 37.0 Å². The monoisotopic (exact) mass is 242 g/mol. The Kier molecular flexibility index (Phi) is 3.98. The van der Waals surface area contributed by atoms with Gasteiger partial charge in [-0.25, -0.2) is 0 Å². The first kappa shape index (κ1) is 12.6. The summed E-state index contributed by atoms with van der Waals surface area (Å²) in [5.41, 5.74) is 2.11. The number of rotatable bonds is 4. The maximum absolute atomic E-state index is 12.0. The van der Waals surface area contributed by atoms with Gasteiger partial charge in [0, 0.05) is 11.5 Å². The predicted octanol–water partition coefficient (Wildman–Crippen LogP) is 3.63. The number of hydrogen-bond acceptors (Lipinski definition) is 2. The smallest absolute Gasteiger partial charge is 0.159 e. The highest BCUT2D eigenvalue weighted by atomic mass is 16.5. The quantitative estimate of drug-likeness (QED) is 0.753.